The summed E-state index contributed by atoms with van der Waals surface area (Å²) in [4.78, 5) is 28.0. The van der Waals surface area contributed by atoms with Gasteiger partial charge in [0.25, 0.3) is 5.91 Å². The van der Waals surface area contributed by atoms with Gasteiger partial charge in [-0.05, 0) is 30.3 Å². The zero-order valence-electron chi connectivity index (χ0n) is 14.6. The minimum atomic E-state index is -0.896. The third kappa shape index (κ3) is 2.29. The van der Waals surface area contributed by atoms with E-state index < -0.39 is 17.8 Å². The lowest BCUT2D eigenvalue weighted by Crippen LogP contribution is -2.30. The summed E-state index contributed by atoms with van der Waals surface area (Å²) in [5, 5.41) is 0.366. The van der Waals surface area contributed by atoms with E-state index in [1.807, 2.05) is 6.07 Å². The summed E-state index contributed by atoms with van der Waals surface area (Å²) in [6.45, 7) is 0. The van der Waals surface area contributed by atoms with Crippen LogP contribution in [0.1, 0.15) is 27.7 Å². The Morgan fingerprint density at radius 1 is 0.821 bits per heavy atom. The van der Waals surface area contributed by atoms with Crippen molar-refractivity contribution in [3.8, 4) is 0 Å². The Labute approximate surface area is 159 Å². The van der Waals surface area contributed by atoms with Crippen LogP contribution in [0.15, 0.2) is 88.1 Å². The van der Waals surface area contributed by atoms with E-state index in [1.54, 1.807) is 66.7 Å². The van der Waals surface area contributed by atoms with Crippen molar-refractivity contribution in [1.29, 1.82) is 0 Å². The molecule has 28 heavy (non-hydrogen) atoms. The molecule has 0 saturated heterocycles. The predicted octanol–water partition coefficient (Wildman–Crippen LogP) is 4.68. The molecule has 3 aromatic carbocycles. The first-order valence-electron chi connectivity index (χ1n) is 8.85. The first-order valence-corrected chi connectivity index (χ1v) is 8.85. The summed E-state index contributed by atoms with van der Waals surface area (Å²) in [6, 6.07) is 20.9. The van der Waals surface area contributed by atoms with Crippen molar-refractivity contribution in [3.63, 3.8) is 0 Å². The Morgan fingerprint density at radius 2 is 1.50 bits per heavy atom. The van der Waals surface area contributed by atoms with E-state index >= 15 is 0 Å². The molecule has 1 atom stereocenters. The fourth-order valence-electron chi connectivity index (χ4n) is 3.77. The zero-order valence-corrected chi connectivity index (χ0v) is 14.6. The number of halogens is 1. The van der Waals surface area contributed by atoms with E-state index in [0.29, 0.717) is 16.7 Å². The molecule has 136 valence electrons. The number of fused-ring (bicyclic) bond motifs is 2. The van der Waals surface area contributed by atoms with Gasteiger partial charge in [-0.3, -0.25) is 14.5 Å². The summed E-state index contributed by atoms with van der Waals surface area (Å²) in [5.74, 6) is -0.986. The molecule has 0 spiro atoms. The molecule has 5 heteroatoms. The van der Waals surface area contributed by atoms with Crippen molar-refractivity contribution in [1.82, 2.24) is 0 Å². The molecule has 0 radical (unpaired) electrons. The molecular weight excluding hydrogens is 357 g/mol. The van der Waals surface area contributed by atoms with Gasteiger partial charge < -0.3 is 4.42 Å². The molecule has 0 N–H and O–H groups in total. The second kappa shape index (κ2) is 6.16. The number of hydrogen-bond donors (Lipinski definition) is 0. The summed E-state index contributed by atoms with van der Waals surface area (Å²) in [7, 11) is 0. The summed E-state index contributed by atoms with van der Waals surface area (Å²) in [6.07, 6.45) is 0. The van der Waals surface area contributed by atoms with E-state index in [-0.39, 0.29) is 22.3 Å². The second-order valence-corrected chi connectivity index (χ2v) is 6.60. The van der Waals surface area contributed by atoms with Crippen molar-refractivity contribution in [2.45, 2.75) is 6.04 Å². The largest absolute Gasteiger partial charge is 0.450 e. The topological polar surface area (TPSA) is 50.5 Å². The summed E-state index contributed by atoms with van der Waals surface area (Å²) >= 11 is 0. The van der Waals surface area contributed by atoms with Crippen LogP contribution in [0.5, 0.6) is 0 Å². The van der Waals surface area contributed by atoms with Crippen LogP contribution < -0.4 is 10.3 Å². The Balaban J connectivity index is 1.86. The maximum atomic E-state index is 14.7. The van der Waals surface area contributed by atoms with E-state index in [9.17, 15) is 14.0 Å². The van der Waals surface area contributed by atoms with Crippen molar-refractivity contribution in [2.75, 3.05) is 4.90 Å². The van der Waals surface area contributed by atoms with Crippen LogP contribution in [0.2, 0.25) is 0 Å². The highest BCUT2D eigenvalue weighted by Gasteiger charge is 2.44. The Kier molecular flexibility index (Phi) is 3.62. The lowest BCUT2D eigenvalue weighted by molar-refractivity contribution is 0.0971. The van der Waals surface area contributed by atoms with E-state index in [2.05, 4.69) is 0 Å². The molecule has 4 aromatic rings. The normalized spacial score (nSPS) is 15.8. The van der Waals surface area contributed by atoms with Crippen LogP contribution >= 0.6 is 0 Å². The van der Waals surface area contributed by atoms with Gasteiger partial charge in [0.05, 0.1) is 17.0 Å². The fraction of sp³-hybridized carbons (Fsp3) is 0.0435. The number of benzene rings is 3. The SMILES string of the molecule is O=C1c2oc3ccccc3c(=O)c2[C@@H](c2ccccc2F)N1c1ccccc1. The molecule has 1 aromatic heterocycles. The zero-order chi connectivity index (χ0) is 19.3. The molecular formula is C23H14FNO3. The highest BCUT2D eigenvalue weighted by atomic mass is 19.1. The van der Waals surface area contributed by atoms with E-state index in [0.717, 1.165) is 0 Å². The molecule has 0 saturated carbocycles. The first-order chi connectivity index (χ1) is 13.7. The molecule has 1 amide bonds. The summed E-state index contributed by atoms with van der Waals surface area (Å²) < 4.78 is 20.6. The Bertz CT molecular complexity index is 1280. The molecule has 0 bridgehead atoms. The van der Waals surface area contributed by atoms with Gasteiger partial charge in [-0.2, -0.15) is 0 Å². The Morgan fingerprint density at radius 3 is 2.29 bits per heavy atom. The van der Waals surface area contributed by atoms with Crippen LogP contribution in [0.3, 0.4) is 0 Å². The van der Waals surface area contributed by atoms with Crippen LogP contribution in [-0.2, 0) is 0 Å². The molecule has 5 rings (SSSR count). The van der Waals surface area contributed by atoms with Crippen molar-refractivity contribution in [3.05, 3.63) is 112 Å². The average Bonchev–Trinajstić information content (AvgIpc) is 3.02. The number of rotatable bonds is 2. The van der Waals surface area contributed by atoms with Gasteiger partial charge in [0.15, 0.2) is 5.43 Å². The fourth-order valence-corrected chi connectivity index (χ4v) is 3.77. The maximum absolute atomic E-state index is 14.7. The maximum Gasteiger partial charge on any atom is 0.295 e. The van der Waals surface area contributed by atoms with Crippen molar-refractivity contribution >= 4 is 22.6 Å². The molecule has 0 aliphatic carbocycles. The predicted molar refractivity (Wildman–Crippen MR) is 104 cm³/mol. The quantitative estimate of drug-likeness (QED) is 0.514. The third-order valence-electron chi connectivity index (χ3n) is 5.01. The average molecular weight is 371 g/mol. The Hall–Kier alpha value is -3.73. The van der Waals surface area contributed by atoms with Gasteiger partial charge in [0.1, 0.15) is 11.4 Å². The van der Waals surface area contributed by atoms with Gasteiger partial charge in [-0.1, -0.05) is 48.5 Å². The van der Waals surface area contributed by atoms with Crippen LogP contribution in [0.4, 0.5) is 10.1 Å². The first kappa shape index (κ1) is 16.4. The smallest absolute Gasteiger partial charge is 0.295 e. The van der Waals surface area contributed by atoms with Crippen molar-refractivity contribution < 1.29 is 13.6 Å². The van der Waals surface area contributed by atoms with Gasteiger partial charge in [0.2, 0.25) is 5.76 Å². The molecule has 0 fully saturated rings. The number of amides is 1. The van der Waals surface area contributed by atoms with E-state index in [4.69, 9.17) is 4.42 Å². The number of hydrogen-bond acceptors (Lipinski definition) is 3. The van der Waals surface area contributed by atoms with Crippen LogP contribution in [0, 0.1) is 5.82 Å². The third-order valence-corrected chi connectivity index (χ3v) is 5.01. The van der Waals surface area contributed by atoms with Crippen LogP contribution in [0.25, 0.3) is 11.0 Å². The molecule has 1 aliphatic rings. The number of anilines is 1. The standard InChI is InChI=1S/C23H14FNO3/c24-17-12-6-4-10-15(17)20-19-21(26)16-11-5-7-13-18(16)28-22(19)23(27)25(20)14-8-2-1-3-9-14/h1-13,20H/t20-/m1/s1. The van der Waals surface area contributed by atoms with Gasteiger partial charge in [-0.15, -0.1) is 0 Å². The van der Waals surface area contributed by atoms with Crippen LogP contribution in [-0.4, -0.2) is 5.91 Å². The minimum Gasteiger partial charge on any atom is -0.450 e. The van der Waals surface area contributed by atoms with Gasteiger partial charge in [0, 0.05) is 11.3 Å². The number of carbonyl (C=O) groups excluding carboxylic acids is 1. The van der Waals surface area contributed by atoms with Gasteiger partial charge >= 0.3 is 0 Å². The number of nitrogens with zero attached hydrogens (tertiary/aromatic N) is 1. The second-order valence-electron chi connectivity index (χ2n) is 6.60. The minimum absolute atomic E-state index is 0.0409. The number of para-hydroxylation sites is 2. The van der Waals surface area contributed by atoms with Gasteiger partial charge in [-0.25, -0.2) is 4.39 Å². The molecule has 0 unspecified atom stereocenters. The molecule has 1 aliphatic heterocycles. The highest BCUT2D eigenvalue weighted by Crippen LogP contribution is 2.41. The van der Waals surface area contributed by atoms with Crippen molar-refractivity contribution in [2.24, 2.45) is 0 Å². The molecule has 4 nitrogen and oxygen atoms in total. The summed E-state index contributed by atoms with van der Waals surface area (Å²) in [5.41, 5.74) is 0.993. The monoisotopic (exact) mass is 371 g/mol. The van der Waals surface area contributed by atoms with E-state index in [1.165, 1.54) is 11.0 Å². The molecule has 2 heterocycles. The lowest BCUT2D eigenvalue weighted by atomic mass is 9.98. The highest BCUT2D eigenvalue weighted by molar-refractivity contribution is 6.10. The number of carbonyl (C=O) groups is 1. The lowest BCUT2D eigenvalue weighted by Gasteiger charge is -2.25.